The molecule has 0 aromatic heterocycles. The zero-order valence-electron chi connectivity index (χ0n) is 22.9. The highest BCUT2D eigenvalue weighted by molar-refractivity contribution is 6.00. The van der Waals surface area contributed by atoms with Crippen LogP contribution < -0.4 is 10.6 Å². The van der Waals surface area contributed by atoms with Gasteiger partial charge in [0.1, 0.15) is 11.6 Å². The number of ether oxygens (including phenoxy) is 1. The van der Waals surface area contributed by atoms with Crippen LogP contribution in [0.25, 0.3) is 0 Å². The lowest BCUT2D eigenvalue weighted by atomic mass is 9.90. The Morgan fingerprint density at radius 2 is 1.80 bits per heavy atom. The molecule has 2 fully saturated rings. The molecule has 0 spiro atoms. The summed E-state index contributed by atoms with van der Waals surface area (Å²) in [6, 6.07) is 6.79. The predicted molar refractivity (Wildman–Crippen MR) is 146 cm³/mol. The first-order valence-corrected chi connectivity index (χ1v) is 14.0. The van der Waals surface area contributed by atoms with Crippen molar-refractivity contribution in [2.75, 3.05) is 32.8 Å². The summed E-state index contributed by atoms with van der Waals surface area (Å²) in [5.74, 6) is -2.11. The fourth-order valence-electron chi connectivity index (χ4n) is 5.55. The third kappa shape index (κ3) is 8.06. The minimum atomic E-state index is -1.10. The second-order valence-electron chi connectivity index (χ2n) is 10.8. The molecule has 0 radical (unpaired) electrons. The molecule has 2 amide bonds. The zero-order chi connectivity index (χ0) is 28.6. The van der Waals surface area contributed by atoms with Crippen molar-refractivity contribution in [2.24, 2.45) is 0 Å². The molecule has 4 rings (SSSR count). The minimum Gasteiger partial charge on any atom is -0.396 e. The summed E-state index contributed by atoms with van der Waals surface area (Å²) in [5.41, 5.74) is 1.74. The number of likely N-dealkylation sites (tertiary alicyclic amines) is 1. The first kappa shape index (κ1) is 30.0. The maximum absolute atomic E-state index is 14.0. The van der Waals surface area contributed by atoms with Gasteiger partial charge in [-0.1, -0.05) is 0 Å². The van der Waals surface area contributed by atoms with Gasteiger partial charge in [-0.2, -0.15) is 0 Å². The van der Waals surface area contributed by atoms with E-state index in [9.17, 15) is 23.5 Å². The van der Waals surface area contributed by atoms with Crippen LogP contribution in [0.15, 0.2) is 36.4 Å². The van der Waals surface area contributed by atoms with E-state index >= 15 is 0 Å². The van der Waals surface area contributed by atoms with Crippen LogP contribution >= 0.6 is 0 Å². The number of aliphatic hydroxyl groups is 2. The molecule has 0 bridgehead atoms. The molecule has 40 heavy (non-hydrogen) atoms. The van der Waals surface area contributed by atoms with Crippen molar-refractivity contribution in [1.82, 2.24) is 15.5 Å². The molecule has 2 aromatic rings. The Hall–Kier alpha value is -2.92. The summed E-state index contributed by atoms with van der Waals surface area (Å²) in [4.78, 5) is 28.3. The molecule has 8 nitrogen and oxygen atoms in total. The van der Waals surface area contributed by atoms with Crippen molar-refractivity contribution in [3.63, 3.8) is 0 Å². The Balaban J connectivity index is 1.54. The number of benzene rings is 2. The van der Waals surface area contributed by atoms with Gasteiger partial charge in [0.05, 0.1) is 18.2 Å². The quantitative estimate of drug-likeness (QED) is 0.315. The van der Waals surface area contributed by atoms with Gasteiger partial charge in [0.2, 0.25) is 0 Å². The van der Waals surface area contributed by atoms with Gasteiger partial charge < -0.3 is 30.5 Å². The minimum absolute atomic E-state index is 0.0127. The number of aliphatic hydroxyl groups excluding tert-OH is 2. The van der Waals surface area contributed by atoms with Crippen LogP contribution in [-0.4, -0.2) is 84.1 Å². The molecule has 4 unspecified atom stereocenters. The van der Waals surface area contributed by atoms with Gasteiger partial charge in [0, 0.05) is 49.5 Å². The molecule has 2 saturated heterocycles. The Bertz CT molecular complexity index is 1150. The summed E-state index contributed by atoms with van der Waals surface area (Å²) < 4.78 is 33.8. The number of nitrogens with zero attached hydrogens (tertiary/aromatic N) is 1. The number of aryl methyl sites for hydroxylation is 1. The fraction of sp³-hybridized carbons (Fsp3) is 0.533. The maximum atomic E-state index is 14.0. The smallest absolute Gasteiger partial charge is 0.253 e. The van der Waals surface area contributed by atoms with Crippen molar-refractivity contribution in [2.45, 2.75) is 69.7 Å². The van der Waals surface area contributed by atoms with E-state index in [-0.39, 0.29) is 30.6 Å². The van der Waals surface area contributed by atoms with E-state index < -0.39 is 35.7 Å². The molecule has 2 heterocycles. The van der Waals surface area contributed by atoms with Gasteiger partial charge in [0.25, 0.3) is 11.8 Å². The van der Waals surface area contributed by atoms with Crippen LogP contribution in [0.5, 0.6) is 0 Å². The number of halogens is 2. The van der Waals surface area contributed by atoms with Crippen molar-refractivity contribution in [3.8, 4) is 0 Å². The molecule has 0 saturated carbocycles. The molecule has 2 aliphatic rings. The van der Waals surface area contributed by atoms with Crippen LogP contribution in [0.4, 0.5) is 8.78 Å². The Morgan fingerprint density at radius 3 is 2.50 bits per heavy atom. The summed E-state index contributed by atoms with van der Waals surface area (Å²) in [6.45, 7) is 4.19. The van der Waals surface area contributed by atoms with Gasteiger partial charge in [0.15, 0.2) is 0 Å². The van der Waals surface area contributed by atoms with E-state index in [4.69, 9.17) is 9.84 Å². The largest absolute Gasteiger partial charge is 0.396 e. The second kappa shape index (κ2) is 14.1. The number of rotatable bonds is 11. The molecule has 2 aromatic carbocycles. The first-order chi connectivity index (χ1) is 19.2. The molecule has 10 heteroatoms. The Kier molecular flexibility index (Phi) is 10.6. The number of hydrogen-bond acceptors (Lipinski definition) is 6. The predicted octanol–water partition coefficient (Wildman–Crippen LogP) is 2.73. The monoisotopic (exact) mass is 559 g/mol. The van der Waals surface area contributed by atoms with Crippen LogP contribution in [-0.2, 0) is 11.2 Å². The van der Waals surface area contributed by atoms with Crippen LogP contribution in [0.3, 0.4) is 0 Å². The Morgan fingerprint density at radius 1 is 1.10 bits per heavy atom. The Labute approximate surface area is 233 Å². The number of hydrogen-bond donors (Lipinski definition) is 4. The summed E-state index contributed by atoms with van der Waals surface area (Å²) in [6.07, 6.45) is 2.37. The average molecular weight is 560 g/mol. The number of piperidine rings is 1. The third-order valence-corrected chi connectivity index (χ3v) is 7.54. The highest BCUT2D eigenvalue weighted by atomic mass is 19.1. The van der Waals surface area contributed by atoms with Crippen molar-refractivity contribution in [3.05, 3.63) is 70.3 Å². The van der Waals surface area contributed by atoms with Crippen LogP contribution in [0.1, 0.15) is 63.9 Å². The van der Waals surface area contributed by atoms with Gasteiger partial charge in [-0.15, -0.1) is 0 Å². The number of amides is 2. The highest BCUT2D eigenvalue weighted by Crippen LogP contribution is 2.21. The lowest BCUT2D eigenvalue weighted by molar-refractivity contribution is -0.0113. The normalized spacial score (nSPS) is 20.8. The zero-order valence-corrected chi connectivity index (χ0v) is 22.9. The molecule has 4 atom stereocenters. The molecule has 0 aliphatic carbocycles. The standard InChI is InChI=1S/C30H39F2N3O5/c1-19-11-21(16-22(12-19)30(39)35-7-2-3-8-35)29(38)34-27(15-20-13-23(31)17-24(32)14-20)28(37)26-18-25(5-6-33-26)40-10-4-9-36/h11-14,16-17,25-28,33,36-37H,2-10,15,18H2,1H3,(H,34,38). The maximum Gasteiger partial charge on any atom is 0.253 e. The van der Waals surface area contributed by atoms with Gasteiger partial charge in [-0.05, 0) is 93.5 Å². The summed E-state index contributed by atoms with van der Waals surface area (Å²) in [5, 5.41) is 26.6. The van der Waals surface area contributed by atoms with Crippen molar-refractivity contribution in [1.29, 1.82) is 0 Å². The SMILES string of the molecule is Cc1cc(C(=O)NC(Cc2cc(F)cc(F)c2)C(O)C2CC(OCCCO)CCN2)cc(C(=O)N2CCCC2)c1. The summed E-state index contributed by atoms with van der Waals surface area (Å²) >= 11 is 0. The summed E-state index contributed by atoms with van der Waals surface area (Å²) in [7, 11) is 0. The van der Waals surface area contributed by atoms with E-state index in [0.29, 0.717) is 50.2 Å². The lowest BCUT2D eigenvalue weighted by Crippen LogP contribution is -2.57. The third-order valence-electron chi connectivity index (χ3n) is 7.54. The fourth-order valence-corrected chi connectivity index (χ4v) is 5.55. The number of carbonyl (C=O) groups is 2. The van der Waals surface area contributed by atoms with E-state index in [2.05, 4.69) is 10.6 Å². The number of carbonyl (C=O) groups excluding carboxylic acids is 2. The lowest BCUT2D eigenvalue weighted by Gasteiger charge is -2.37. The van der Waals surface area contributed by atoms with Crippen molar-refractivity contribution >= 4 is 11.8 Å². The highest BCUT2D eigenvalue weighted by Gasteiger charge is 2.34. The van der Waals surface area contributed by atoms with E-state index in [0.717, 1.165) is 30.9 Å². The topological polar surface area (TPSA) is 111 Å². The molecule has 218 valence electrons. The number of nitrogens with one attached hydrogen (secondary N) is 2. The molecule has 4 N–H and O–H groups in total. The van der Waals surface area contributed by atoms with E-state index in [1.54, 1.807) is 23.1 Å². The average Bonchev–Trinajstić information content (AvgIpc) is 3.46. The molecular weight excluding hydrogens is 520 g/mol. The second-order valence-corrected chi connectivity index (χ2v) is 10.8. The molecule has 2 aliphatic heterocycles. The van der Waals surface area contributed by atoms with Crippen LogP contribution in [0, 0.1) is 18.6 Å². The van der Waals surface area contributed by atoms with Crippen molar-refractivity contribution < 1.29 is 33.3 Å². The molecular formula is C30H39F2N3O5. The van der Waals surface area contributed by atoms with E-state index in [1.807, 2.05) is 6.92 Å². The van der Waals surface area contributed by atoms with E-state index in [1.165, 1.54) is 12.1 Å². The first-order valence-electron chi connectivity index (χ1n) is 14.0. The van der Waals surface area contributed by atoms with Gasteiger partial charge in [-0.3, -0.25) is 9.59 Å². The van der Waals surface area contributed by atoms with Gasteiger partial charge >= 0.3 is 0 Å². The van der Waals surface area contributed by atoms with Gasteiger partial charge in [-0.25, -0.2) is 8.78 Å². The van der Waals surface area contributed by atoms with Crippen LogP contribution in [0.2, 0.25) is 0 Å².